The van der Waals surface area contributed by atoms with Crippen molar-refractivity contribution in [2.75, 3.05) is 0 Å². The van der Waals surface area contributed by atoms with Crippen LogP contribution in [0.3, 0.4) is 0 Å². The van der Waals surface area contributed by atoms with Crippen molar-refractivity contribution in [3.63, 3.8) is 0 Å². The van der Waals surface area contributed by atoms with Gasteiger partial charge in [-0.3, -0.25) is 0 Å². The minimum Gasteiger partial charge on any atom is -0.354 e. The maximum absolute atomic E-state index is 3.43. The molecule has 0 amide bonds. The van der Waals surface area contributed by atoms with Crippen LogP contribution in [0.1, 0.15) is 0 Å². The number of hydrogen-bond donors (Lipinski definition) is 1. The highest BCUT2D eigenvalue weighted by atomic mass is 31.0. The fraction of sp³-hybridized carbons (Fsp3) is 0. The zero-order valence-corrected chi connectivity index (χ0v) is 8.77. The van der Waals surface area contributed by atoms with Gasteiger partial charge in [-0.15, -0.1) is 9.24 Å². The highest BCUT2D eigenvalue weighted by molar-refractivity contribution is 7.28. The molecule has 0 aliphatic heterocycles. The van der Waals surface area contributed by atoms with Gasteiger partial charge in [0, 0.05) is 16.3 Å². The molecule has 3 rings (SSSR count). The molecule has 0 aliphatic rings. The van der Waals surface area contributed by atoms with E-state index in [9.17, 15) is 0 Å². The summed E-state index contributed by atoms with van der Waals surface area (Å²) in [6, 6.07) is 14.7. The third kappa shape index (κ3) is 0.995. The van der Waals surface area contributed by atoms with Gasteiger partial charge in [0.15, 0.2) is 0 Å². The largest absolute Gasteiger partial charge is 0.354 e. The van der Waals surface area contributed by atoms with E-state index >= 15 is 0 Å². The molecule has 1 heterocycles. The predicted molar refractivity (Wildman–Crippen MR) is 65.1 cm³/mol. The van der Waals surface area contributed by atoms with Crippen molar-refractivity contribution in [1.82, 2.24) is 4.98 Å². The molecule has 3 aromatic rings. The lowest BCUT2D eigenvalue weighted by Crippen LogP contribution is -1.89. The molecule has 14 heavy (non-hydrogen) atoms. The molecular formula is C12H10NP. The Hall–Kier alpha value is -1.33. The van der Waals surface area contributed by atoms with Gasteiger partial charge in [-0.2, -0.15) is 0 Å². The van der Waals surface area contributed by atoms with Crippen molar-refractivity contribution in [3.8, 4) is 0 Å². The van der Waals surface area contributed by atoms with Crippen molar-refractivity contribution < 1.29 is 0 Å². The molecule has 1 unspecified atom stereocenters. The molecule has 0 aliphatic carbocycles. The zero-order chi connectivity index (χ0) is 9.54. The smallest absolute Gasteiger partial charge is 0.0537 e. The Morgan fingerprint density at radius 1 is 0.857 bits per heavy atom. The number of fused-ring (bicyclic) bond motifs is 3. The molecule has 0 radical (unpaired) electrons. The average molecular weight is 199 g/mol. The molecule has 0 saturated carbocycles. The van der Waals surface area contributed by atoms with E-state index in [1.807, 2.05) is 0 Å². The summed E-state index contributed by atoms with van der Waals surface area (Å²) in [5.74, 6) is 0. The van der Waals surface area contributed by atoms with E-state index in [-0.39, 0.29) is 0 Å². The van der Waals surface area contributed by atoms with Gasteiger partial charge < -0.3 is 4.98 Å². The predicted octanol–water partition coefficient (Wildman–Crippen LogP) is 2.82. The van der Waals surface area contributed by atoms with Crippen molar-refractivity contribution in [2.24, 2.45) is 0 Å². The Bertz CT molecular complexity index is 610. The summed E-state index contributed by atoms with van der Waals surface area (Å²) in [6.45, 7) is 0. The fourth-order valence-electron chi connectivity index (χ4n) is 1.90. The van der Waals surface area contributed by atoms with Crippen LogP contribution in [0.2, 0.25) is 0 Å². The van der Waals surface area contributed by atoms with Crippen LogP contribution in [0.25, 0.3) is 21.8 Å². The topological polar surface area (TPSA) is 15.8 Å². The van der Waals surface area contributed by atoms with Crippen molar-refractivity contribution in [3.05, 3.63) is 42.5 Å². The van der Waals surface area contributed by atoms with E-state index in [0.29, 0.717) is 0 Å². The highest BCUT2D eigenvalue weighted by Crippen LogP contribution is 2.24. The van der Waals surface area contributed by atoms with Crippen LogP contribution in [0, 0.1) is 0 Å². The summed E-state index contributed by atoms with van der Waals surface area (Å²) in [4.78, 5) is 3.43. The molecule has 0 saturated heterocycles. The molecule has 0 bridgehead atoms. The maximum atomic E-state index is 3.43. The summed E-state index contributed by atoms with van der Waals surface area (Å²) in [5.41, 5.74) is 2.43. The number of nitrogens with one attached hydrogen (secondary N) is 1. The fourth-order valence-corrected chi connectivity index (χ4v) is 2.23. The first-order valence-electron chi connectivity index (χ1n) is 4.61. The van der Waals surface area contributed by atoms with Gasteiger partial charge in [0.25, 0.3) is 0 Å². The van der Waals surface area contributed by atoms with Gasteiger partial charge in [-0.05, 0) is 11.4 Å². The van der Waals surface area contributed by atoms with Crippen LogP contribution >= 0.6 is 9.24 Å². The van der Waals surface area contributed by atoms with Gasteiger partial charge in [-0.25, -0.2) is 0 Å². The van der Waals surface area contributed by atoms with Crippen molar-refractivity contribution in [2.45, 2.75) is 0 Å². The molecule has 0 fully saturated rings. The number of hydrogen-bond acceptors (Lipinski definition) is 0. The van der Waals surface area contributed by atoms with Crippen LogP contribution < -0.4 is 5.30 Å². The molecule has 1 nitrogen and oxygen atoms in total. The maximum Gasteiger partial charge on any atom is 0.0537 e. The number of rotatable bonds is 0. The summed E-state index contributed by atoms with van der Waals surface area (Å²) in [5, 5.41) is 3.82. The molecule has 2 aromatic carbocycles. The van der Waals surface area contributed by atoms with Gasteiger partial charge >= 0.3 is 0 Å². The Morgan fingerprint density at radius 2 is 1.64 bits per heavy atom. The second-order valence-corrected chi connectivity index (χ2v) is 4.06. The summed E-state index contributed by atoms with van der Waals surface area (Å²) < 4.78 is 0. The lowest BCUT2D eigenvalue weighted by Gasteiger charge is -1.93. The number of para-hydroxylation sites is 2. The van der Waals surface area contributed by atoms with Gasteiger partial charge in [0.05, 0.1) is 5.52 Å². The van der Waals surface area contributed by atoms with Crippen molar-refractivity contribution >= 4 is 36.4 Å². The van der Waals surface area contributed by atoms with Gasteiger partial charge in [-0.1, -0.05) is 36.4 Å². The normalized spacial score (nSPS) is 11.2. The Kier molecular flexibility index (Phi) is 1.62. The molecule has 0 spiro atoms. The van der Waals surface area contributed by atoms with E-state index in [4.69, 9.17) is 0 Å². The molecule has 2 heteroatoms. The summed E-state index contributed by atoms with van der Waals surface area (Å²) in [7, 11) is 2.76. The van der Waals surface area contributed by atoms with E-state index in [1.165, 1.54) is 27.1 Å². The third-order valence-corrected chi connectivity index (χ3v) is 3.05. The Morgan fingerprint density at radius 3 is 2.57 bits per heavy atom. The lowest BCUT2D eigenvalue weighted by atomic mass is 10.1. The molecule has 1 N–H and O–H groups in total. The number of benzene rings is 2. The van der Waals surface area contributed by atoms with Crippen LogP contribution in [-0.4, -0.2) is 4.98 Å². The lowest BCUT2D eigenvalue weighted by molar-refractivity contribution is 1.56. The minimum atomic E-state index is 1.21. The minimum absolute atomic E-state index is 1.21. The first-order valence-corrected chi connectivity index (χ1v) is 5.19. The van der Waals surface area contributed by atoms with Crippen LogP contribution in [0.4, 0.5) is 0 Å². The summed E-state index contributed by atoms with van der Waals surface area (Å²) >= 11 is 0. The summed E-state index contributed by atoms with van der Waals surface area (Å²) in [6.07, 6.45) is 0. The van der Waals surface area contributed by atoms with Crippen LogP contribution in [-0.2, 0) is 0 Å². The van der Waals surface area contributed by atoms with Crippen LogP contribution in [0.15, 0.2) is 42.5 Å². The number of H-pyrrole nitrogens is 1. The zero-order valence-electron chi connectivity index (χ0n) is 7.62. The standard InChI is InChI=1S/C12H10NP/c14-11-7-3-5-9-8-4-1-2-6-10(8)13-12(9)11/h1-7,13H,14H2. The molecule has 68 valence electrons. The van der Waals surface area contributed by atoms with E-state index in [1.54, 1.807) is 0 Å². The van der Waals surface area contributed by atoms with Gasteiger partial charge in [0.2, 0.25) is 0 Å². The first kappa shape index (κ1) is 8.02. The average Bonchev–Trinajstić information content (AvgIpc) is 2.59. The van der Waals surface area contributed by atoms with E-state index in [0.717, 1.165) is 0 Å². The Balaban J connectivity index is 2.63. The van der Waals surface area contributed by atoms with E-state index < -0.39 is 0 Å². The third-order valence-electron chi connectivity index (χ3n) is 2.57. The van der Waals surface area contributed by atoms with Crippen molar-refractivity contribution in [1.29, 1.82) is 0 Å². The van der Waals surface area contributed by atoms with E-state index in [2.05, 4.69) is 56.7 Å². The Labute approximate surface area is 84.3 Å². The molecule has 1 aromatic heterocycles. The second kappa shape index (κ2) is 2.83. The first-order chi connectivity index (χ1) is 6.86. The van der Waals surface area contributed by atoms with Crippen LogP contribution in [0.5, 0.6) is 0 Å². The highest BCUT2D eigenvalue weighted by Gasteiger charge is 2.03. The monoisotopic (exact) mass is 199 g/mol. The molecule has 1 atom stereocenters. The number of aromatic nitrogens is 1. The SMILES string of the molecule is Pc1cccc2c1[nH]c1ccccc12. The quantitative estimate of drug-likeness (QED) is 0.536. The number of aromatic amines is 1. The second-order valence-electron chi connectivity index (χ2n) is 3.44. The van der Waals surface area contributed by atoms with Gasteiger partial charge in [0.1, 0.15) is 0 Å². The molecular weight excluding hydrogens is 189 g/mol.